The first-order valence-corrected chi connectivity index (χ1v) is 6.85. The smallest absolute Gasteiger partial charge is 0.228 e. The molecule has 1 fully saturated rings. The Morgan fingerprint density at radius 3 is 2.89 bits per heavy atom. The molecule has 0 atom stereocenters. The number of rotatable bonds is 2. The van der Waals surface area contributed by atoms with Gasteiger partial charge in [-0.2, -0.15) is 0 Å². The molecule has 4 heteroatoms. The van der Waals surface area contributed by atoms with Crippen LogP contribution in [0.1, 0.15) is 25.5 Å². The zero-order valence-electron chi connectivity index (χ0n) is 11.1. The lowest BCUT2D eigenvalue weighted by atomic mass is 9.99. The summed E-state index contributed by atoms with van der Waals surface area (Å²) in [5.74, 6) is 0.892. The molecule has 0 spiro atoms. The predicted octanol–water partition coefficient (Wildman–Crippen LogP) is 2.63. The van der Waals surface area contributed by atoms with Crippen LogP contribution in [-0.4, -0.2) is 29.1 Å². The number of fused-ring (bicyclic) bond motifs is 1. The average Bonchev–Trinajstić information content (AvgIpc) is 2.83. The number of para-hydroxylation sites is 1. The summed E-state index contributed by atoms with van der Waals surface area (Å²) in [4.78, 5) is 14.2. The number of nitrogens with zero attached hydrogens (tertiary/aromatic N) is 2. The molecular formula is C15H18N2O2. The maximum atomic E-state index is 12.3. The Kier molecular flexibility index (Phi) is 3.23. The van der Waals surface area contributed by atoms with E-state index in [4.69, 9.17) is 4.52 Å². The van der Waals surface area contributed by atoms with Gasteiger partial charge in [-0.05, 0) is 30.9 Å². The molecule has 1 aromatic heterocycles. The van der Waals surface area contributed by atoms with Crippen molar-refractivity contribution in [3.63, 3.8) is 0 Å². The van der Waals surface area contributed by atoms with Gasteiger partial charge in [-0.3, -0.25) is 4.79 Å². The number of likely N-dealkylation sites (tertiary alicyclic amines) is 1. The maximum Gasteiger partial charge on any atom is 0.228 e. The van der Waals surface area contributed by atoms with Crippen LogP contribution in [0.5, 0.6) is 0 Å². The molecular weight excluding hydrogens is 240 g/mol. The summed E-state index contributed by atoms with van der Waals surface area (Å²) in [6.07, 6.45) is 2.54. The zero-order valence-corrected chi connectivity index (χ0v) is 11.1. The monoisotopic (exact) mass is 258 g/mol. The SMILES string of the molecule is CC1CCN(C(=O)Cc2noc3ccccc23)CC1. The molecule has 4 nitrogen and oxygen atoms in total. The summed E-state index contributed by atoms with van der Waals surface area (Å²) in [6, 6.07) is 7.67. The van der Waals surface area contributed by atoms with Crippen LogP contribution in [0.15, 0.2) is 28.8 Å². The van der Waals surface area contributed by atoms with Gasteiger partial charge in [0.15, 0.2) is 5.58 Å². The molecule has 3 rings (SSSR count). The normalized spacial score (nSPS) is 17.0. The number of piperidine rings is 1. The molecule has 2 aromatic rings. The van der Waals surface area contributed by atoms with Gasteiger partial charge in [0, 0.05) is 18.5 Å². The number of amides is 1. The van der Waals surface area contributed by atoms with Crippen molar-refractivity contribution in [2.24, 2.45) is 5.92 Å². The summed E-state index contributed by atoms with van der Waals surface area (Å²) in [7, 11) is 0. The number of benzene rings is 1. The van der Waals surface area contributed by atoms with Gasteiger partial charge in [0.2, 0.25) is 5.91 Å². The van der Waals surface area contributed by atoms with E-state index in [-0.39, 0.29) is 5.91 Å². The highest BCUT2D eigenvalue weighted by molar-refractivity contribution is 5.86. The predicted molar refractivity (Wildman–Crippen MR) is 72.7 cm³/mol. The van der Waals surface area contributed by atoms with Crippen LogP contribution in [-0.2, 0) is 11.2 Å². The molecule has 0 bridgehead atoms. The van der Waals surface area contributed by atoms with Crippen LogP contribution in [0.3, 0.4) is 0 Å². The highest BCUT2D eigenvalue weighted by Gasteiger charge is 2.22. The van der Waals surface area contributed by atoms with Crippen molar-refractivity contribution in [2.45, 2.75) is 26.2 Å². The van der Waals surface area contributed by atoms with Gasteiger partial charge in [0.05, 0.1) is 6.42 Å². The molecule has 0 radical (unpaired) electrons. The van der Waals surface area contributed by atoms with E-state index >= 15 is 0 Å². The minimum Gasteiger partial charge on any atom is -0.356 e. The maximum absolute atomic E-state index is 12.3. The third-order valence-electron chi connectivity index (χ3n) is 3.91. The molecule has 2 heterocycles. The van der Waals surface area contributed by atoms with Crippen molar-refractivity contribution in [3.8, 4) is 0 Å². The van der Waals surface area contributed by atoms with Gasteiger partial charge < -0.3 is 9.42 Å². The van der Waals surface area contributed by atoms with Crippen LogP contribution in [0, 0.1) is 5.92 Å². The molecule has 19 heavy (non-hydrogen) atoms. The number of hydrogen-bond donors (Lipinski definition) is 0. The van der Waals surface area contributed by atoms with Crippen LogP contribution < -0.4 is 0 Å². The molecule has 1 aliphatic heterocycles. The van der Waals surface area contributed by atoms with Gasteiger partial charge in [-0.25, -0.2) is 0 Å². The third-order valence-corrected chi connectivity index (χ3v) is 3.91. The first-order chi connectivity index (χ1) is 9.24. The second kappa shape index (κ2) is 5.03. The van der Waals surface area contributed by atoms with E-state index < -0.39 is 0 Å². The van der Waals surface area contributed by atoms with Crippen molar-refractivity contribution >= 4 is 16.9 Å². The van der Waals surface area contributed by atoms with Crippen LogP contribution in [0.25, 0.3) is 11.0 Å². The van der Waals surface area contributed by atoms with Crippen molar-refractivity contribution < 1.29 is 9.32 Å². The third kappa shape index (κ3) is 2.48. The minimum atomic E-state index is 0.158. The standard InChI is InChI=1S/C15H18N2O2/c1-11-6-8-17(9-7-11)15(18)10-13-12-4-2-3-5-14(12)19-16-13/h2-5,11H,6-10H2,1H3. The molecule has 100 valence electrons. The van der Waals surface area contributed by atoms with E-state index in [1.165, 1.54) is 0 Å². The van der Waals surface area contributed by atoms with Crippen LogP contribution in [0.2, 0.25) is 0 Å². The minimum absolute atomic E-state index is 0.158. The van der Waals surface area contributed by atoms with Gasteiger partial charge in [0.25, 0.3) is 0 Å². The summed E-state index contributed by atoms with van der Waals surface area (Å²) in [5.41, 5.74) is 1.50. The Morgan fingerprint density at radius 1 is 1.37 bits per heavy atom. The van der Waals surface area contributed by atoms with E-state index in [1.54, 1.807) is 0 Å². The number of carbonyl (C=O) groups excluding carboxylic acids is 1. The summed E-state index contributed by atoms with van der Waals surface area (Å²) >= 11 is 0. The Morgan fingerprint density at radius 2 is 2.11 bits per heavy atom. The van der Waals surface area contributed by atoms with Crippen LogP contribution in [0.4, 0.5) is 0 Å². The van der Waals surface area contributed by atoms with Gasteiger partial charge >= 0.3 is 0 Å². The molecule has 1 aromatic carbocycles. The molecule has 0 N–H and O–H groups in total. The molecule has 0 aliphatic carbocycles. The van der Waals surface area contributed by atoms with Gasteiger partial charge in [0.1, 0.15) is 5.69 Å². The van der Waals surface area contributed by atoms with Gasteiger partial charge in [-0.15, -0.1) is 0 Å². The average molecular weight is 258 g/mol. The van der Waals surface area contributed by atoms with Gasteiger partial charge in [-0.1, -0.05) is 24.2 Å². The highest BCUT2D eigenvalue weighted by atomic mass is 16.5. The van der Waals surface area contributed by atoms with E-state index in [2.05, 4.69) is 12.1 Å². The van der Waals surface area contributed by atoms with Crippen molar-refractivity contribution in [2.75, 3.05) is 13.1 Å². The second-order valence-electron chi connectivity index (χ2n) is 5.37. The largest absolute Gasteiger partial charge is 0.356 e. The Hall–Kier alpha value is -1.84. The molecule has 1 saturated heterocycles. The summed E-state index contributed by atoms with van der Waals surface area (Å²) < 4.78 is 5.23. The Balaban J connectivity index is 1.72. The first kappa shape index (κ1) is 12.2. The lowest BCUT2D eigenvalue weighted by Crippen LogP contribution is -2.38. The zero-order chi connectivity index (χ0) is 13.2. The van der Waals surface area contributed by atoms with E-state index in [9.17, 15) is 4.79 Å². The summed E-state index contributed by atoms with van der Waals surface area (Å²) in [5, 5.41) is 4.97. The number of carbonyl (C=O) groups is 1. The lowest BCUT2D eigenvalue weighted by Gasteiger charge is -2.30. The highest BCUT2D eigenvalue weighted by Crippen LogP contribution is 2.20. The Bertz CT molecular complexity index is 583. The van der Waals surface area contributed by atoms with Crippen molar-refractivity contribution in [1.82, 2.24) is 10.1 Å². The molecule has 1 aliphatic rings. The van der Waals surface area contributed by atoms with E-state index in [0.717, 1.165) is 48.5 Å². The summed E-state index contributed by atoms with van der Waals surface area (Å²) in [6.45, 7) is 3.98. The molecule has 0 unspecified atom stereocenters. The fourth-order valence-electron chi connectivity index (χ4n) is 2.58. The topological polar surface area (TPSA) is 46.3 Å². The lowest BCUT2D eigenvalue weighted by molar-refractivity contribution is -0.131. The molecule has 1 amide bonds. The quantitative estimate of drug-likeness (QED) is 0.832. The fraction of sp³-hybridized carbons (Fsp3) is 0.467. The second-order valence-corrected chi connectivity index (χ2v) is 5.37. The molecule has 0 saturated carbocycles. The van der Waals surface area contributed by atoms with Crippen molar-refractivity contribution in [3.05, 3.63) is 30.0 Å². The number of hydrogen-bond acceptors (Lipinski definition) is 3. The number of aromatic nitrogens is 1. The van der Waals surface area contributed by atoms with E-state index in [1.807, 2.05) is 29.2 Å². The van der Waals surface area contributed by atoms with Crippen LogP contribution >= 0.6 is 0 Å². The fourth-order valence-corrected chi connectivity index (χ4v) is 2.58. The van der Waals surface area contributed by atoms with Crippen molar-refractivity contribution in [1.29, 1.82) is 0 Å². The van der Waals surface area contributed by atoms with E-state index in [0.29, 0.717) is 6.42 Å². The Labute approximate surface area is 112 Å². The first-order valence-electron chi connectivity index (χ1n) is 6.85.